The molecule has 1 rings (SSSR count). The Hall–Kier alpha value is -1.52. The smallest absolute Gasteiger partial charge is 0.249 e. The second-order valence-corrected chi connectivity index (χ2v) is 2.42. The summed E-state index contributed by atoms with van der Waals surface area (Å²) >= 11 is 0. The number of aromatic nitrogens is 1. The van der Waals surface area contributed by atoms with Gasteiger partial charge in [0.2, 0.25) is 5.91 Å². The third-order valence-electron chi connectivity index (χ3n) is 1.67. The molecular formula is C8H8F2N2O. The van der Waals surface area contributed by atoms with Crippen LogP contribution in [-0.2, 0) is 13.3 Å². The zero-order valence-corrected chi connectivity index (χ0v) is 6.76. The summed E-state index contributed by atoms with van der Waals surface area (Å²) in [5, 5.41) is 0. The number of nitrogens with zero attached hydrogens (tertiary/aromatic N) is 1. The molecule has 0 aliphatic rings. The van der Waals surface area contributed by atoms with E-state index in [1.165, 1.54) is 12.3 Å². The van der Waals surface area contributed by atoms with Crippen LogP contribution in [0.1, 0.15) is 21.6 Å². The van der Waals surface area contributed by atoms with Gasteiger partial charge in [-0.25, -0.2) is 8.78 Å². The standard InChI is InChI=1S/C8H8F2N2O/c9-3-6-5(8(11)13)1-2-12-7(6)4-10/h1-2H,3-4H2,(H2,11,13). The summed E-state index contributed by atoms with van der Waals surface area (Å²) in [4.78, 5) is 14.3. The van der Waals surface area contributed by atoms with E-state index in [2.05, 4.69) is 4.98 Å². The lowest BCUT2D eigenvalue weighted by Gasteiger charge is -2.05. The Morgan fingerprint density at radius 1 is 1.46 bits per heavy atom. The van der Waals surface area contributed by atoms with Gasteiger partial charge in [0.25, 0.3) is 0 Å². The Kier molecular flexibility index (Phi) is 2.89. The number of pyridine rings is 1. The van der Waals surface area contributed by atoms with Crippen molar-refractivity contribution >= 4 is 5.91 Å². The van der Waals surface area contributed by atoms with Crippen molar-refractivity contribution in [3.05, 3.63) is 29.1 Å². The molecule has 70 valence electrons. The van der Waals surface area contributed by atoms with Gasteiger partial charge in [-0.3, -0.25) is 9.78 Å². The van der Waals surface area contributed by atoms with Gasteiger partial charge in [0.05, 0.1) is 5.69 Å². The first-order valence-electron chi connectivity index (χ1n) is 3.59. The molecule has 1 amide bonds. The van der Waals surface area contributed by atoms with Gasteiger partial charge < -0.3 is 5.73 Å². The lowest BCUT2D eigenvalue weighted by atomic mass is 10.1. The number of hydrogen-bond acceptors (Lipinski definition) is 2. The van der Waals surface area contributed by atoms with Gasteiger partial charge in [0, 0.05) is 17.3 Å². The maximum Gasteiger partial charge on any atom is 0.249 e. The van der Waals surface area contributed by atoms with E-state index >= 15 is 0 Å². The summed E-state index contributed by atoms with van der Waals surface area (Å²) < 4.78 is 24.6. The zero-order chi connectivity index (χ0) is 9.84. The van der Waals surface area contributed by atoms with Crippen LogP contribution in [0.25, 0.3) is 0 Å². The predicted molar refractivity (Wildman–Crippen MR) is 42.4 cm³/mol. The van der Waals surface area contributed by atoms with Gasteiger partial charge in [-0.2, -0.15) is 0 Å². The fourth-order valence-electron chi connectivity index (χ4n) is 1.03. The molecule has 0 aromatic carbocycles. The van der Waals surface area contributed by atoms with E-state index in [0.717, 1.165) is 0 Å². The minimum atomic E-state index is -0.939. The molecule has 0 saturated heterocycles. The van der Waals surface area contributed by atoms with Crippen LogP contribution in [0.5, 0.6) is 0 Å². The minimum absolute atomic E-state index is 0.00912. The largest absolute Gasteiger partial charge is 0.366 e. The Morgan fingerprint density at radius 3 is 2.62 bits per heavy atom. The molecule has 3 nitrogen and oxygen atoms in total. The molecule has 0 aliphatic carbocycles. The molecule has 0 fully saturated rings. The van der Waals surface area contributed by atoms with Crippen LogP contribution in [0.2, 0.25) is 0 Å². The molecule has 0 spiro atoms. The molecule has 1 aromatic rings. The third kappa shape index (κ3) is 1.80. The highest BCUT2D eigenvalue weighted by molar-refractivity contribution is 5.94. The van der Waals surface area contributed by atoms with Crippen LogP contribution in [0.15, 0.2) is 12.3 Å². The van der Waals surface area contributed by atoms with E-state index in [1.807, 2.05) is 0 Å². The molecule has 2 N–H and O–H groups in total. The molecule has 0 unspecified atom stereocenters. The number of amides is 1. The van der Waals surface area contributed by atoms with Gasteiger partial charge in [0.15, 0.2) is 0 Å². The van der Waals surface area contributed by atoms with Gasteiger partial charge in [-0.15, -0.1) is 0 Å². The van der Waals surface area contributed by atoms with E-state index in [4.69, 9.17) is 5.73 Å². The van der Waals surface area contributed by atoms with Crippen molar-refractivity contribution in [1.29, 1.82) is 0 Å². The van der Waals surface area contributed by atoms with Crippen molar-refractivity contribution < 1.29 is 13.6 Å². The van der Waals surface area contributed by atoms with Crippen molar-refractivity contribution in [2.75, 3.05) is 0 Å². The number of nitrogens with two attached hydrogens (primary N) is 1. The Morgan fingerprint density at radius 2 is 2.15 bits per heavy atom. The van der Waals surface area contributed by atoms with Crippen LogP contribution in [-0.4, -0.2) is 10.9 Å². The average molecular weight is 186 g/mol. The molecule has 0 aliphatic heterocycles. The first-order chi connectivity index (χ1) is 6.20. The monoisotopic (exact) mass is 186 g/mol. The number of halogens is 2. The molecule has 0 saturated carbocycles. The lowest BCUT2D eigenvalue weighted by Crippen LogP contribution is -2.15. The summed E-state index contributed by atoms with van der Waals surface area (Å²) in [5.41, 5.74) is 4.82. The van der Waals surface area contributed by atoms with Crippen molar-refractivity contribution in [3.8, 4) is 0 Å². The van der Waals surface area contributed by atoms with Crippen molar-refractivity contribution in [3.63, 3.8) is 0 Å². The first kappa shape index (κ1) is 9.57. The molecule has 0 radical (unpaired) electrons. The normalized spacial score (nSPS) is 10.0. The van der Waals surface area contributed by atoms with Gasteiger partial charge >= 0.3 is 0 Å². The van der Waals surface area contributed by atoms with E-state index in [-0.39, 0.29) is 16.8 Å². The molecular weight excluding hydrogens is 178 g/mol. The highest BCUT2D eigenvalue weighted by atomic mass is 19.1. The van der Waals surface area contributed by atoms with Crippen LogP contribution in [0, 0.1) is 0 Å². The molecule has 1 aromatic heterocycles. The molecule has 0 bridgehead atoms. The second-order valence-electron chi connectivity index (χ2n) is 2.42. The van der Waals surface area contributed by atoms with E-state index in [9.17, 15) is 13.6 Å². The van der Waals surface area contributed by atoms with Crippen molar-refractivity contribution in [2.45, 2.75) is 13.3 Å². The van der Waals surface area contributed by atoms with Crippen molar-refractivity contribution in [2.24, 2.45) is 5.73 Å². The van der Waals surface area contributed by atoms with Gasteiger partial charge in [0.1, 0.15) is 13.3 Å². The summed E-state index contributed by atoms with van der Waals surface area (Å²) in [5.74, 6) is -0.773. The maximum absolute atomic E-state index is 12.4. The number of hydrogen-bond donors (Lipinski definition) is 1. The summed E-state index contributed by atoms with van der Waals surface area (Å²) in [6, 6.07) is 1.27. The molecule has 0 atom stereocenters. The zero-order valence-electron chi connectivity index (χ0n) is 6.76. The SMILES string of the molecule is NC(=O)c1ccnc(CF)c1CF. The Bertz CT molecular complexity index is 328. The Balaban J connectivity index is 3.27. The minimum Gasteiger partial charge on any atom is -0.366 e. The van der Waals surface area contributed by atoms with Gasteiger partial charge in [-0.05, 0) is 6.07 Å². The fourth-order valence-corrected chi connectivity index (χ4v) is 1.03. The molecule has 5 heteroatoms. The predicted octanol–water partition coefficient (Wildman–Crippen LogP) is 1.12. The van der Waals surface area contributed by atoms with Crippen LogP contribution in [0.4, 0.5) is 8.78 Å². The molecule has 1 heterocycles. The number of carbonyl (C=O) groups excluding carboxylic acids is 1. The summed E-state index contributed by atoms with van der Waals surface area (Å²) in [7, 11) is 0. The maximum atomic E-state index is 12.4. The Labute approximate surface area is 73.6 Å². The highest BCUT2D eigenvalue weighted by Gasteiger charge is 2.12. The molecule has 13 heavy (non-hydrogen) atoms. The van der Waals surface area contributed by atoms with Crippen LogP contribution < -0.4 is 5.73 Å². The average Bonchev–Trinajstić information content (AvgIpc) is 2.16. The number of carbonyl (C=O) groups is 1. The third-order valence-corrected chi connectivity index (χ3v) is 1.67. The first-order valence-corrected chi connectivity index (χ1v) is 3.59. The van der Waals surface area contributed by atoms with E-state index in [0.29, 0.717) is 0 Å². The van der Waals surface area contributed by atoms with E-state index < -0.39 is 19.3 Å². The fraction of sp³-hybridized carbons (Fsp3) is 0.250. The number of rotatable bonds is 3. The lowest BCUT2D eigenvalue weighted by molar-refractivity contribution is 0.0998. The number of primary amides is 1. The van der Waals surface area contributed by atoms with Crippen LogP contribution >= 0.6 is 0 Å². The summed E-state index contributed by atoms with van der Waals surface area (Å²) in [6.45, 7) is -1.84. The highest BCUT2D eigenvalue weighted by Crippen LogP contribution is 2.14. The van der Waals surface area contributed by atoms with Crippen molar-refractivity contribution in [1.82, 2.24) is 4.98 Å². The quantitative estimate of drug-likeness (QED) is 0.768. The summed E-state index contributed by atoms with van der Waals surface area (Å²) in [6.07, 6.45) is 1.23. The van der Waals surface area contributed by atoms with E-state index in [1.54, 1.807) is 0 Å². The second kappa shape index (κ2) is 3.93. The number of alkyl halides is 2. The topological polar surface area (TPSA) is 56.0 Å². The van der Waals surface area contributed by atoms with Gasteiger partial charge in [-0.1, -0.05) is 0 Å². The van der Waals surface area contributed by atoms with Crippen LogP contribution in [0.3, 0.4) is 0 Å².